The van der Waals surface area contributed by atoms with Crippen molar-refractivity contribution in [2.75, 3.05) is 0 Å². The van der Waals surface area contributed by atoms with E-state index in [1.54, 1.807) is 60.9 Å². The van der Waals surface area contributed by atoms with Crippen LogP contribution >= 0.6 is 0 Å². The summed E-state index contributed by atoms with van der Waals surface area (Å²) >= 11 is 0. The molecule has 0 N–H and O–H groups in total. The number of carboxylic acid groups (broad SMARTS) is 1. The van der Waals surface area contributed by atoms with Crippen molar-refractivity contribution in [1.82, 2.24) is 15.0 Å². The summed E-state index contributed by atoms with van der Waals surface area (Å²) in [6, 6.07) is 14.8. The van der Waals surface area contributed by atoms with Gasteiger partial charge in [-0.05, 0) is 48.6 Å². The first kappa shape index (κ1) is 30.0. The molecule has 10 heteroatoms. The standard InChI is InChI=1S/2C11H6F2N.C6H5NO2.Ir/c2*12-8-4-5-9(10(13)7-8)11-3-1-2-6-14-11;8-6(9)5-3-1-2-4-7-5;/h2*1-4,6-7H;1-4H,(H,8,9);/p-1. The van der Waals surface area contributed by atoms with Crippen LogP contribution in [-0.4, -0.2) is 20.9 Å². The van der Waals surface area contributed by atoms with Crippen LogP contribution in [0.15, 0.2) is 121 Å². The van der Waals surface area contributed by atoms with Gasteiger partial charge < -0.3 is 9.90 Å². The van der Waals surface area contributed by atoms with Gasteiger partial charge in [0, 0.05) is 50.8 Å². The quantitative estimate of drug-likeness (QED) is 0.271. The zero-order chi connectivity index (χ0) is 26.6. The van der Waals surface area contributed by atoms with Gasteiger partial charge in [0.05, 0.1) is 34.2 Å². The van der Waals surface area contributed by atoms with Crippen LogP contribution in [0.3, 0.4) is 0 Å². The first-order valence-electron chi connectivity index (χ1n) is 10.5. The molecule has 38 heavy (non-hydrogen) atoms. The van der Waals surface area contributed by atoms with Gasteiger partial charge in [-0.1, -0.05) is 18.2 Å². The second-order valence-electron chi connectivity index (χ2n) is 7.01. The third kappa shape index (κ3) is 9.03. The summed E-state index contributed by atoms with van der Waals surface area (Å²) in [4.78, 5) is 21.4. The molecule has 3 heterocycles. The number of allylic oxidation sites excluding steroid dienone is 6. The predicted molar refractivity (Wildman–Crippen MR) is 127 cm³/mol. The van der Waals surface area contributed by atoms with Crippen molar-refractivity contribution >= 4 is 17.1 Å². The van der Waals surface area contributed by atoms with E-state index in [1.807, 2.05) is 0 Å². The largest absolute Gasteiger partial charge is 0.543 e. The molecule has 0 spiro atoms. The zero-order valence-electron chi connectivity index (χ0n) is 19.2. The van der Waals surface area contributed by atoms with Crippen molar-refractivity contribution < 1.29 is 47.6 Å². The van der Waals surface area contributed by atoms with Gasteiger partial charge in [-0.3, -0.25) is 15.0 Å². The van der Waals surface area contributed by atoms with Crippen LogP contribution in [0.25, 0.3) is 11.1 Å². The van der Waals surface area contributed by atoms with Gasteiger partial charge in [0.2, 0.25) is 12.3 Å². The monoisotopic (exact) mass is 695 g/mol. The first-order chi connectivity index (χ1) is 17.8. The maximum absolute atomic E-state index is 13.2. The average Bonchev–Trinajstić information content (AvgIpc) is 2.91. The number of hydrogen-bond donors (Lipinski definition) is 0. The van der Waals surface area contributed by atoms with Crippen LogP contribution < -0.4 is 5.11 Å². The van der Waals surface area contributed by atoms with Crippen LogP contribution in [0.2, 0.25) is 0 Å². The molecule has 193 valence electrons. The first-order valence-corrected chi connectivity index (χ1v) is 10.5. The molecule has 5 nitrogen and oxygen atoms in total. The van der Waals surface area contributed by atoms with E-state index in [0.717, 1.165) is 24.3 Å². The number of rotatable bonds is 3. The molecule has 0 saturated carbocycles. The molecule has 0 amide bonds. The molecule has 0 saturated heterocycles. The summed E-state index contributed by atoms with van der Waals surface area (Å²) in [5, 5.41) is 10.0. The molecule has 0 bridgehead atoms. The molecule has 3 aromatic heterocycles. The minimum atomic E-state index is -1.24. The maximum atomic E-state index is 13.2. The van der Waals surface area contributed by atoms with Crippen molar-refractivity contribution in [3.05, 3.63) is 150 Å². The number of nitrogens with zero attached hydrogens (tertiary/aromatic N) is 3. The third-order valence-electron chi connectivity index (χ3n) is 4.43. The van der Waals surface area contributed by atoms with E-state index < -0.39 is 30.0 Å². The van der Waals surface area contributed by atoms with Crippen LogP contribution in [0, 0.1) is 12.3 Å². The Balaban J connectivity index is 0.000000203. The maximum Gasteiger partial charge on any atom is 0.208 e. The third-order valence-corrected chi connectivity index (χ3v) is 4.43. The molecule has 0 unspecified atom stereocenters. The Kier molecular flexibility index (Phi) is 12.0. The number of carboxylic acids is 1. The van der Waals surface area contributed by atoms with Crippen molar-refractivity contribution in [2.24, 2.45) is 0 Å². The minimum absolute atomic E-state index is 0. The molecule has 0 aliphatic heterocycles. The Morgan fingerprint density at radius 3 is 1.37 bits per heavy atom. The Labute approximate surface area is 229 Å². The molecular weight excluding hydrogens is 679 g/mol. The minimum Gasteiger partial charge on any atom is -0.543 e. The van der Waals surface area contributed by atoms with Crippen molar-refractivity contribution in [3.8, 4) is 0 Å². The van der Waals surface area contributed by atoms with E-state index >= 15 is 0 Å². The van der Waals surface area contributed by atoms with Crippen LogP contribution in [0.5, 0.6) is 0 Å². The van der Waals surface area contributed by atoms with Gasteiger partial charge >= 0.3 is 0 Å². The van der Waals surface area contributed by atoms with Crippen LogP contribution in [-0.2, 0) is 20.1 Å². The molecule has 2 aliphatic rings. The summed E-state index contributed by atoms with van der Waals surface area (Å²) in [7, 11) is 0. The predicted octanol–water partition coefficient (Wildman–Crippen LogP) is 5.42. The molecule has 0 atom stereocenters. The zero-order valence-corrected chi connectivity index (χ0v) is 21.6. The van der Waals surface area contributed by atoms with E-state index in [4.69, 9.17) is 0 Å². The van der Waals surface area contributed by atoms with Crippen molar-refractivity contribution in [2.45, 2.75) is 0 Å². The van der Waals surface area contributed by atoms with E-state index in [2.05, 4.69) is 26.4 Å². The van der Waals surface area contributed by atoms with Gasteiger partial charge in [-0.25, -0.2) is 17.6 Å². The number of carbonyl (C=O) groups excluding carboxylic acids is 1. The molecule has 0 aromatic carbocycles. The van der Waals surface area contributed by atoms with E-state index in [1.165, 1.54) is 12.3 Å². The molecule has 2 aliphatic carbocycles. The SMILES string of the molecule is F[C]1C=C(F)C=C=C1c1ccccn1.F[C]1C=C(F)C=C=C1c1ccccn1.O=C([O-])c1ccccn1.[Ir]. The van der Waals surface area contributed by atoms with Gasteiger partial charge in [-0.2, -0.15) is 0 Å². The molecule has 3 aromatic rings. The van der Waals surface area contributed by atoms with Gasteiger partial charge in [-0.15, -0.1) is 11.5 Å². The van der Waals surface area contributed by atoms with Gasteiger partial charge in [0.1, 0.15) is 11.7 Å². The van der Waals surface area contributed by atoms with Crippen molar-refractivity contribution in [3.63, 3.8) is 0 Å². The number of aromatic carboxylic acids is 1. The summed E-state index contributed by atoms with van der Waals surface area (Å²) in [6.07, 6.45) is 7.02. The van der Waals surface area contributed by atoms with E-state index in [9.17, 15) is 27.5 Å². The van der Waals surface area contributed by atoms with Gasteiger partial charge in [0.15, 0.2) is 0 Å². The smallest absolute Gasteiger partial charge is 0.208 e. The Hall–Kier alpha value is -4.19. The van der Waals surface area contributed by atoms with Crippen LogP contribution in [0.4, 0.5) is 17.6 Å². The number of pyridine rings is 3. The van der Waals surface area contributed by atoms with Crippen molar-refractivity contribution in [1.29, 1.82) is 0 Å². The number of hydrogen-bond acceptors (Lipinski definition) is 5. The Bertz CT molecular complexity index is 1330. The fourth-order valence-corrected chi connectivity index (χ4v) is 2.79. The fourth-order valence-electron chi connectivity index (χ4n) is 2.79. The molecule has 3 radical (unpaired) electrons. The molecule has 5 rings (SSSR count). The fraction of sp³-hybridized carbons (Fsp3) is 0. The summed E-state index contributed by atoms with van der Waals surface area (Å²) in [5.74, 6) is -2.51. The summed E-state index contributed by atoms with van der Waals surface area (Å²) < 4.78 is 51.6. The van der Waals surface area contributed by atoms with E-state index in [-0.39, 0.29) is 36.9 Å². The summed E-state index contributed by atoms with van der Waals surface area (Å²) in [5.41, 5.74) is 6.26. The number of carbonyl (C=O) groups is 1. The Morgan fingerprint density at radius 1 is 0.658 bits per heavy atom. The normalized spacial score (nSPS) is 14.2. The molecular formula is C28H16F4IrN3O2-. The Morgan fingerprint density at radius 2 is 1.08 bits per heavy atom. The number of aromatic nitrogens is 3. The topological polar surface area (TPSA) is 78.8 Å². The summed E-state index contributed by atoms with van der Waals surface area (Å²) in [6.45, 7) is 0. The van der Waals surface area contributed by atoms with E-state index in [0.29, 0.717) is 11.4 Å². The second-order valence-corrected chi connectivity index (χ2v) is 7.01. The van der Waals surface area contributed by atoms with Gasteiger partial charge in [0.25, 0.3) is 0 Å². The average molecular weight is 695 g/mol. The number of halogens is 4. The molecule has 0 fully saturated rings. The second kappa shape index (κ2) is 15.2. The van der Waals surface area contributed by atoms with Crippen LogP contribution in [0.1, 0.15) is 21.9 Å².